The summed E-state index contributed by atoms with van der Waals surface area (Å²) in [4.78, 5) is 18.6. The van der Waals surface area contributed by atoms with Gasteiger partial charge in [-0.05, 0) is 26.7 Å². The highest BCUT2D eigenvalue weighted by molar-refractivity contribution is 5.93. The molecule has 9 heteroatoms. The lowest BCUT2D eigenvalue weighted by Gasteiger charge is -2.39. The number of carbonyl (C=O) groups excluding carboxylic acids is 1. The van der Waals surface area contributed by atoms with E-state index in [2.05, 4.69) is 15.6 Å². The number of benzene rings is 1. The van der Waals surface area contributed by atoms with Gasteiger partial charge >= 0.3 is 5.97 Å². The SMILES string of the molecule is CNc1c(F)c(N2C[C@@H](C)N[C@@H](C)C2)c(F)c2c1CC(C(=O)OF)=CN2C1CC1. The van der Waals surface area contributed by atoms with Crippen molar-refractivity contribution < 1.29 is 23.0 Å². The summed E-state index contributed by atoms with van der Waals surface area (Å²) in [5, 5.41) is 6.19. The largest absolute Gasteiger partial charge is 0.385 e. The maximum Gasteiger partial charge on any atom is 0.377 e. The van der Waals surface area contributed by atoms with Crippen molar-refractivity contribution in [1.82, 2.24) is 5.32 Å². The Bertz CT molecular complexity index is 862. The molecular formula is C20H25F3N4O2. The lowest BCUT2D eigenvalue weighted by Crippen LogP contribution is -2.54. The molecule has 1 saturated heterocycles. The van der Waals surface area contributed by atoms with Crippen LogP contribution in [0.15, 0.2) is 11.8 Å². The Labute approximate surface area is 167 Å². The van der Waals surface area contributed by atoms with Gasteiger partial charge in [-0.15, -0.1) is 0 Å². The number of rotatable bonds is 4. The molecule has 2 heterocycles. The predicted octanol–water partition coefficient (Wildman–Crippen LogP) is 3.03. The van der Waals surface area contributed by atoms with Crippen molar-refractivity contribution in [3.8, 4) is 0 Å². The second-order valence-corrected chi connectivity index (χ2v) is 8.14. The van der Waals surface area contributed by atoms with Crippen molar-refractivity contribution in [2.24, 2.45) is 0 Å². The molecule has 29 heavy (non-hydrogen) atoms. The zero-order valence-electron chi connectivity index (χ0n) is 16.7. The molecule has 1 aromatic carbocycles. The molecule has 0 unspecified atom stereocenters. The molecule has 4 rings (SSSR count). The normalized spacial score (nSPS) is 24.1. The monoisotopic (exact) mass is 410 g/mol. The van der Waals surface area contributed by atoms with Gasteiger partial charge < -0.3 is 20.4 Å². The molecule has 6 nitrogen and oxygen atoms in total. The van der Waals surface area contributed by atoms with Crippen LogP contribution >= 0.6 is 0 Å². The first-order valence-electron chi connectivity index (χ1n) is 9.90. The molecule has 2 atom stereocenters. The summed E-state index contributed by atoms with van der Waals surface area (Å²) < 4.78 is 43.9. The molecule has 1 aromatic rings. The van der Waals surface area contributed by atoms with Crippen molar-refractivity contribution in [2.75, 3.05) is 35.3 Å². The highest BCUT2D eigenvalue weighted by Crippen LogP contribution is 2.47. The Morgan fingerprint density at radius 3 is 2.38 bits per heavy atom. The smallest absolute Gasteiger partial charge is 0.377 e. The molecule has 3 aliphatic rings. The third kappa shape index (κ3) is 3.41. The third-order valence-electron chi connectivity index (χ3n) is 5.75. The fourth-order valence-electron chi connectivity index (χ4n) is 4.48. The van der Waals surface area contributed by atoms with Crippen molar-refractivity contribution in [2.45, 2.75) is 51.2 Å². The van der Waals surface area contributed by atoms with Gasteiger partial charge in [-0.2, -0.15) is 0 Å². The van der Waals surface area contributed by atoms with Gasteiger partial charge in [-0.25, -0.2) is 18.5 Å². The zero-order valence-corrected chi connectivity index (χ0v) is 16.7. The van der Waals surface area contributed by atoms with Gasteiger partial charge in [0.05, 0.1) is 16.9 Å². The molecule has 0 aromatic heterocycles. The first-order valence-corrected chi connectivity index (χ1v) is 9.90. The Balaban J connectivity index is 1.87. The molecule has 2 N–H and O–H groups in total. The molecule has 0 spiro atoms. The number of hydrogen-bond acceptors (Lipinski definition) is 6. The lowest BCUT2D eigenvalue weighted by atomic mass is 9.95. The topological polar surface area (TPSA) is 56.8 Å². The van der Waals surface area contributed by atoms with E-state index in [4.69, 9.17) is 0 Å². The zero-order chi connectivity index (χ0) is 20.9. The van der Waals surface area contributed by atoms with Crippen molar-refractivity contribution >= 4 is 23.0 Å². The summed E-state index contributed by atoms with van der Waals surface area (Å²) in [6.07, 6.45) is 2.96. The predicted molar refractivity (Wildman–Crippen MR) is 105 cm³/mol. The van der Waals surface area contributed by atoms with E-state index >= 15 is 8.78 Å². The molecular weight excluding hydrogens is 385 g/mol. The number of anilines is 3. The van der Waals surface area contributed by atoms with Crippen LogP contribution in [0.3, 0.4) is 0 Å². The van der Waals surface area contributed by atoms with Gasteiger partial charge in [0.25, 0.3) is 0 Å². The fourth-order valence-corrected chi connectivity index (χ4v) is 4.48. The minimum absolute atomic E-state index is 0.00477. The Hall–Kier alpha value is -2.42. The molecule has 0 amide bonds. The van der Waals surface area contributed by atoms with Crippen LogP contribution in [0.25, 0.3) is 0 Å². The minimum atomic E-state index is -1.14. The standard InChI is InChI=1S/C20H25F3N4O2/c1-10-7-26(8-11(2)25-10)19-15(21)17(24-3)14-6-12(20(28)29-23)9-27(13-4-5-13)18(14)16(19)22/h9-11,13,24-25H,4-8H2,1-3H3/t10-,11+. The number of carbonyl (C=O) groups is 1. The first kappa shape index (κ1) is 19.9. The minimum Gasteiger partial charge on any atom is -0.385 e. The van der Waals surface area contributed by atoms with Crippen molar-refractivity contribution in [1.29, 1.82) is 0 Å². The molecule has 0 radical (unpaired) electrons. The highest BCUT2D eigenvalue weighted by Gasteiger charge is 2.40. The highest BCUT2D eigenvalue weighted by atomic mass is 19.3. The summed E-state index contributed by atoms with van der Waals surface area (Å²) in [5.41, 5.74) is 0.640. The van der Waals surface area contributed by atoms with E-state index in [9.17, 15) is 9.32 Å². The number of piperazine rings is 1. The van der Waals surface area contributed by atoms with Gasteiger partial charge in [-0.1, -0.05) is 0 Å². The second-order valence-electron chi connectivity index (χ2n) is 8.14. The van der Waals surface area contributed by atoms with Crippen LogP contribution in [0.2, 0.25) is 0 Å². The van der Waals surface area contributed by atoms with Gasteiger partial charge in [0.2, 0.25) is 0 Å². The van der Waals surface area contributed by atoms with Gasteiger partial charge in [0.15, 0.2) is 11.6 Å². The summed E-state index contributed by atoms with van der Waals surface area (Å²) in [7, 11) is 1.55. The molecule has 2 aliphatic heterocycles. The number of fused-ring (bicyclic) bond motifs is 1. The quantitative estimate of drug-likeness (QED) is 0.796. The number of halogens is 3. The third-order valence-corrected chi connectivity index (χ3v) is 5.75. The van der Waals surface area contributed by atoms with E-state index in [1.165, 1.54) is 6.20 Å². The fraction of sp³-hybridized carbons (Fsp3) is 0.550. The van der Waals surface area contributed by atoms with E-state index in [0.717, 1.165) is 12.8 Å². The second kappa shape index (κ2) is 7.44. The van der Waals surface area contributed by atoms with Crippen LogP contribution < -0.4 is 20.4 Å². The summed E-state index contributed by atoms with van der Waals surface area (Å²) in [5.74, 6) is -2.48. The van der Waals surface area contributed by atoms with Gasteiger partial charge in [-0.3, -0.25) is 0 Å². The van der Waals surface area contributed by atoms with Crippen LogP contribution in [-0.2, 0) is 16.2 Å². The summed E-state index contributed by atoms with van der Waals surface area (Å²) >= 11 is 0. The van der Waals surface area contributed by atoms with Crippen molar-refractivity contribution in [3.63, 3.8) is 0 Å². The summed E-state index contributed by atoms with van der Waals surface area (Å²) in [6.45, 7) is 4.89. The van der Waals surface area contributed by atoms with Crippen LogP contribution in [-0.4, -0.2) is 44.2 Å². The average Bonchev–Trinajstić information content (AvgIpc) is 3.51. The van der Waals surface area contributed by atoms with Crippen LogP contribution in [0.5, 0.6) is 0 Å². The number of nitrogens with one attached hydrogen (secondary N) is 2. The number of nitrogens with zero attached hydrogens (tertiary/aromatic N) is 2. The van der Waals surface area contributed by atoms with E-state index in [1.54, 1.807) is 16.8 Å². The van der Waals surface area contributed by atoms with Gasteiger partial charge in [0.1, 0.15) is 5.69 Å². The van der Waals surface area contributed by atoms with Crippen LogP contribution in [0, 0.1) is 11.6 Å². The summed E-state index contributed by atoms with van der Waals surface area (Å²) in [6, 6.07) is 0.156. The van der Waals surface area contributed by atoms with E-state index < -0.39 is 17.6 Å². The molecule has 2 fully saturated rings. The van der Waals surface area contributed by atoms with Crippen LogP contribution in [0.4, 0.5) is 30.4 Å². The number of hydrogen-bond donors (Lipinski definition) is 2. The van der Waals surface area contributed by atoms with Crippen molar-refractivity contribution in [3.05, 3.63) is 29.0 Å². The van der Waals surface area contributed by atoms with E-state index in [-0.39, 0.29) is 47.2 Å². The maximum atomic E-state index is 15.8. The molecule has 1 saturated carbocycles. The average molecular weight is 410 g/mol. The molecule has 1 aliphatic carbocycles. The maximum absolute atomic E-state index is 15.8. The molecule has 0 bridgehead atoms. The van der Waals surface area contributed by atoms with E-state index in [1.807, 2.05) is 13.8 Å². The van der Waals surface area contributed by atoms with Gasteiger partial charge in [0, 0.05) is 61.0 Å². The Morgan fingerprint density at radius 1 is 1.17 bits per heavy atom. The van der Waals surface area contributed by atoms with E-state index in [0.29, 0.717) is 18.7 Å². The lowest BCUT2D eigenvalue weighted by molar-refractivity contribution is -0.178. The van der Waals surface area contributed by atoms with Crippen LogP contribution in [0.1, 0.15) is 32.3 Å². The Kier molecular flexibility index (Phi) is 5.10. The first-order chi connectivity index (χ1) is 13.8. The molecule has 158 valence electrons. The Morgan fingerprint density at radius 2 is 1.83 bits per heavy atom.